The molecular formula is C34H34N2S. The van der Waals surface area contributed by atoms with E-state index in [1.54, 1.807) is 0 Å². The van der Waals surface area contributed by atoms with Crippen molar-refractivity contribution in [3.63, 3.8) is 0 Å². The quantitative estimate of drug-likeness (QED) is 0.226. The van der Waals surface area contributed by atoms with Crippen LogP contribution < -0.4 is 0 Å². The fourth-order valence-corrected chi connectivity index (χ4v) is 7.32. The Kier molecular flexibility index (Phi) is 5.92. The Labute approximate surface area is 224 Å². The van der Waals surface area contributed by atoms with E-state index in [0.717, 1.165) is 11.7 Å². The summed E-state index contributed by atoms with van der Waals surface area (Å²) in [6.45, 7) is 11.4. The van der Waals surface area contributed by atoms with Gasteiger partial charge in [0.1, 0.15) is 10.8 Å². The summed E-state index contributed by atoms with van der Waals surface area (Å²) in [7, 11) is 0. The first-order valence-corrected chi connectivity index (χ1v) is 14.1. The molecular weight excluding hydrogens is 468 g/mol. The van der Waals surface area contributed by atoms with E-state index in [0.29, 0.717) is 0 Å². The normalized spacial score (nSPS) is 18.8. The van der Waals surface area contributed by atoms with E-state index in [1.165, 1.54) is 67.2 Å². The van der Waals surface area contributed by atoms with E-state index in [4.69, 9.17) is 4.98 Å². The van der Waals surface area contributed by atoms with Crippen molar-refractivity contribution >= 4 is 11.3 Å². The molecule has 5 aromatic rings. The van der Waals surface area contributed by atoms with E-state index in [2.05, 4.69) is 118 Å². The van der Waals surface area contributed by atoms with Crippen LogP contribution in [0, 0.1) is 26.7 Å². The third-order valence-electron chi connectivity index (χ3n) is 8.36. The van der Waals surface area contributed by atoms with E-state index < -0.39 is 0 Å². The van der Waals surface area contributed by atoms with E-state index in [-0.39, 0.29) is 5.41 Å². The summed E-state index contributed by atoms with van der Waals surface area (Å²) in [5.74, 6) is 1.77. The van der Waals surface area contributed by atoms with Crippen LogP contribution in [0.4, 0.5) is 0 Å². The minimum Gasteiger partial charge on any atom is -0.291 e. The fourth-order valence-electron chi connectivity index (χ4n) is 6.15. The molecule has 0 radical (unpaired) electrons. The SMILES string of the molecule is CC[C@H]1CC1(C)c1ccc(-c2c(C)cccc2C)cc1-c1nccn1-c1sc(-c2ccccc2)cc1C. The first-order valence-electron chi connectivity index (χ1n) is 13.3. The monoisotopic (exact) mass is 502 g/mol. The number of aromatic nitrogens is 2. The van der Waals surface area contributed by atoms with Crippen molar-refractivity contribution in [2.75, 3.05) is 0 Å². The van der Waals surface area contributed by atoms with Crippen LogP contribution in [0.2, 0.25) is 0 Å². The molecule has 0 N–H and O–H groups in total. The highest BCUT2D eigenvalue weighted by Gasteiger charge is 2.51. The molecule has 0 saturated heterocycles. The molecule has 186 valence electrons. The zero-order valence-electron chi connectivity index (χ0n) is 22.4. The maximum atomic E-state index is 4.99. The predicted octanol–water partition coefficient (Wildman–Crippen LogP) is 9.55. The molecule has 1 unspecified atom stereocenters. The van der Waals surface area contributed by atoms with Gasteiger partial charge in [-0.25, -0.2) is 4.98 Å². The molecule has 0 spiro atoms. The lowest BCUT2D eigenvalue weighted by molar-refractivity contribution is 0.643. The standard InChI is InChI=1S/C34H34N2S/c1-6-27-21-34(27,5)29-16-15-26(31-22(2)11-10-12-23(31)3)20-28(29)32-35-17-18-36(32)33-24(4)19-30(37-33)25-13-8-7-9-14-25/h7-20,27H,6,21H2,1-5H3/t27-,34?/m0/s1. The van der Waals surface area contributed by atoms with Gasteiger partial charge in [-0.3, -0.25) is 4.57 Å². The summed E-state index contributed by atoms with van der Waals surface area (Å²) in [5.41, 5.74) is 10.7. The van der Waals surface area contributed by atoms with Gasteiger partial charge in [0, 0.05) is 22.8 Å². The highest BCUT2D eigenvalue weighted by Crippen LogP contribution is 2.58. The molecule has 0 bridgehead atoms. The zero-order chi connectivity index (χ0) is 25.7. The van der Waals surface area contributed by atoms with Gasteiger partial charge < -0.3 is 0 Å². The van der Waals surface area contributed by atoms with Gasteiger partial charge in [0.05, 0.1) is 0 Å². The van der Waals surface area contributed by atoms with E-state index in [1.807, 2.05) is 17.5 Å². The van der Waals surface area contributed by atoms with Gasteiger partial charge in [0.25, 0.3) is 0 Å². The van der Waals surface area contributed by atoms with Crippen molar-refractivity contribution in [1.29, 1.82) is 0 Å². The van der Waals surface area contributed by atoms with Gasteiger partial charge in [-0.05, 0) is 89.6 Å². The van der Waals surface area contributed by atoms with Crippen LogP contribution in [-0.2, 0) is 5.41 Å². The molecule has 3 heteroatoms. The Bertz CT molecular complexity index is 1570. The van der Waals surface area contributed by atoms with E-state index >= 15 is 0 Å². The zero-order valence-corrected chi connectivity index (χ0v) is 23.2. The highest BCUT2D eigenvalue weighted by molar-refractivity contribution is 7.18. The highest BCUT2D eigenvalue weighted by atomic mass is 32.1. The Morgan fingerprint density at radius 3 is 2.35 bits per heavy atom. The predicted molar refractivity (Wildman–Crippen MR) is 158 cm³/mol. The van der Waals surface area contributed by atoms with Gasteiger partial charge in [0.15, 0.2) is 0 Å². The number of benzene rings is 3. The molecule has 3 aromatic carbocycles. The van der Waals surface area contributed by atoms with Crippen molar-refractivity contribution in [3.8, 4) is 38.0 Å². The summed E-state index contributed by atoms with van der Waals surface area (Å²) < 4.78 is 2.31. The average molecular weight is 503 g/mol. The molecule has 2 heterocycles. The number of aryl methyl sites for hydroxylation is 3. The van der Waals surface area contributed by atoms with Gasteiger partial charge in [-0.2, -0.15) is 0 Å². The lowest BCUT2D eigenvalue weighted by atomic mass is 9.86. The molecule has 1 aliphatic rings. The second-order valence-corrected chi connectivity index (χ2v) is 11.9. The smallest absolute Gasteiger partial charge is 0.145 e. The second kappa shape index (κ2) is 9.15. The van der Waals surface area contributed by atoms with Crippen LogP contribution in [0.1, 0.15) is 48.9 Å². The molecule has 0 amide bonds. The number of hydrogen-bond donors (Lipinski definition) is 0. The van der Waals surface area contributed by atoms with Gasteiger partial charge in [-0.1, -0.05) is 80.9 Å². The number of hydrogen-bond acceptors (Lipinski definition) is 2. The summed E-state index contributed by atoms with van der Waals surface area (Å²) >= 11 is 1.84. The largest absolute Gasteiger partial charge is 0.291 e. The average Bonchev–Trinajstić information content (AvgIpc) is 3.19. The van der Waals surface area contributed by atoms with Gasteiger partial charge in [-0.15, -0.1) is 11.3 Å². The number of rotatable bonds is 6. The minimum absolute atomic E-state index is 0.208. The molecule has 37 heavy (non-hydrogen) atoms. The molecule has 1 fully saturated rings. The molecule has 2 atom stereocenters. The maximum absolute atomic E-state index is 4.99. The van der Waals surface area contributed by atoms with Crippen molar-refractivity contribution in [2.45, 2.75) is 52.9 Å². The third kappa shape index (κ3) is 4.06. The lowest BCUT2D eigenvalue weighted by Gasteiger charge is -2.20. The Balaban J connectivity index is 1.53. The van der Waals surface area contributed by atoms with Crippen molar-refractivity contribution in [3.05, 3.63) is 107 Å². The third-order valence-corrected chi connectivity index (χ3v) is 9.64. The van der Waals surface area contributed by atoms with E-state index in [9.17, 15) is 0 Å². The first kappa shape index (κ1) is 23.9. The first-order chi connectivity index (χ1) is 17.9. The number of nitrogens with zero attached hydrogens (tertiary/aromatic N) is 2. The second-order valence-electron chi connectivity index (χ2n) is 10.8. The van der Waals surface area contributed by atoms with Crippen LogP contribution in [0.25, 0.3) is 38.0 Å². The lowest BCUT2D eigenvalue weighted by Crippen LogP contribution is -2.09. The van der Waals surface area contributed by atoms with Crippen LogP contribution >= 0.6 is 11.3 Å². The summed E-state index contributed by atoms with van der Waals surface area (Å²) in [6, 6.07) is 26.7. The number of imidazole rings is 1. The Hall–Kier alpha value is -3.43. The maximum Gasteiger partial charge on any atom is 0.145 e. The summed E-state index contributed by atoms with van der Waals surface area (Å²) in [6.07, 6.45) is 6.55. The van der Waals surface area contributed by atoms with Crippen molar-refractivity contribution < 1.29 is 0 Å². The van der Waals surface area contributed by atoms with Crippen molar-refractivity contribution in [2.24, 2.45) is 5.92 Å². The molecule has 2 aromatic heterocycles. The summed E-state index contributed by atoms with van der Waals surface area (Å²) in [5, 5.41) is 1.24. The van der Waals surface area contributed by atoms with Gasteiger partial charge >= 0.3 is 0 Å². The summed E-state index contributed by atoms with van der Waals surface area (Å²) in [4.78, 5) is 6.28. The van der Waals surface area contributed by atoms with Crippen LogP contribution in [0.3, 0.4) is 0 Å². The Morgan fingerprint density at radius 2 is 1.65 bits per heavy atom. The molecule has 1 saturated carbocycles. The van der Waals surface area contributed by atoms with Crippen molar-refractivity contribution in [1.82, 2.24) is 9.55 Å². The van der Waals surface area contributed by atoms with Gasteiger partial charge in [0.2, 0.25) is 0 Å². The fraction of sp³-hybridized carbons (Fsp3) is 0.265. The topological polar surface area (TPSA) is 17.8 Å². The number of thiophene rings is 1. The van der Waals surface area contributed by atoms with Crippen LogP contribution in [0.15, 0.2) is 85.2 Å². The molecule has 0 aliphatic heterocycles. The van der Waals surface area contributed by atoms with Crippen LogP contribution in [0.5, 0.6) is 0 Å². The molecule has 2 nitrogen and oxygen atoms in total. The Morgan fingerprint density at radius 1 is 0.892 bits per heavy atom. The van der Waals surface area contributed by atoms with Crippen LogP contribution in [-0.4, -0.2) is 9.55 Å². The minimum atomic E-state index is 0.208. The molecule has 6 rings (SSSR count). The molecule has 1 aliphatic carbocycles.